The van der Waals surface area contributed by atoms with Gasteiger partial charge in [0.1, 0.15) is 5.75 Å². The van der Waals surface area contributed by atoms with Gasteiger partial charge in [-0.25, -0.2) is 0 Å². The van der Waals surface area contributed by atoms with Gasteiger partial charge >= 0.3 is 0 Å². The first-order valence-corrected chi connectivity index (χ1v) is 7.24. The molecule has 1 aliphatic heterocycles. The number of likely N-dealkylation sites (N-methyl/N-ethyl adjacent to an activating group) is 1. The van der Waals surface area contributed by atoms with Crippen molar-refractivity contribution >= 4 is 17.4 Å². The summed E-state index contributed by atoms with van der Waals surface area (Å²) in [5, 5.41) is 10.9. The fourth-order valence-electron chi connectivity index (χ4n) is 2.92. The van der Waals surface area contributed by atoms with E-state index in [-0.39, 0.29) is 12.2 Å². The summed E-state index contributed by atoms with van der Waals surface area (Å²) in [6, 6.07) is 13.6. The van der Waals surface area contributed by atoms with Crippen LogP contribution in [0.15, 0.2) is 48.5 Å². The summed E-state index contributed by atoms with van der Waals surface area (Å²) < 4.78 is 5.10. The summed E-state index contributed by atoms with van der Waals surface area (Å²) in [5.74, 6) is -0.252. The van der Waals surface area contributed by atoms with E-state index >= 15 is 0 Å². The zero-order valence-corrected chi connectivity index (χ0v) is 12.9. The number of rotatable bonds is 4. The number of ether oxygens (including phenoxy) is 1. The Bertz CT molecular complexity index is 786. The van der Waals surface area contributed by atoms with Gasteiger partial charge in [0.25, 0.3) is 5.91 Å². The van der Waals surface area contributed by atoms with Gasteiger partial charge in [-0.1, -0.05) is 30.3 Å². The number of hydrogen-bond donors (Lipinski definition) is 1. The largest absolute Gasteiger partial charge is 0.497 e. The number of amides is 1. The Morgan fingerprint density at radius 3 is 2.70 bits per heavy atom. The number of para-hydroxylation sites is 1. The average molecular weight is 311 g/mol. The predicted molar refractivity (Wildman–Crippen MR) is 85.7 cm³/mol. The number of methoxy groups -OCH3 is 1. The van der Waals surface area contributed by atoms with Crippen LogP contribution >= 0.6 is 0 Å². The van der Waals surface area contributed by atoms with Crippen LogP contribution in [-0.2, 0) is 10.4 Å². The molecule has 2 aromatic rings. The first-order valence-electron chi connectivity index (χ1n) is 7.24. The first kappa shape index (κ1) is 15.2. The summed E-state index contributed by atoms with van der Waals surface area (Å²) in [4.78, 5) is 26.4. The van der Waals surface area contributed by atoms with Gasteiger partial charge in [0.2, 0.25) is 0 Å². The van der Waals surface area contributed by atoms with Crippen molar-refractivity contribution in [3.8, 4) is 5.75 Å². The predicted octanol–water partition coefficient (Wildman–Crippen LogP) is 2.13. The van der Waals surface area contributed by atoms with Crippen molar-refractivity contribution in [2.24, 2.45) is 0 Å². The van der Waals surface area contributed by atoms with Crippen LogP contribution in [0.4, 0.5) is 5.69 Å². The number of hydrogen-bond acceptors (Lipinski definition) is 4. The highest BCUT2D eigenvalue weighted by molar-refractivity contribution is 6.10. The molecule has 1 heterocycles. The van der Waals surface area contributed by atoms with Gasteiger partial charge in [0, 0.05) is 18.2 Å². The average Bonchev–Trinajstić information content (AvgIpc) is 2.77. The van der Waals surface area contributed by atoms with Crippen LogP contribution in [-0.4, -0.2) is 31.0 Å². The molecule has 1 N–H and O–H groups in total. The molecule has 1 aliphatic rings. The maximum Gasteiger partial charge on any atom is 0.263 e. The third-order valence-corrected chi connectivity index (χ3v) is 4.18. The van der Waals surface area contributed by atoms with E-state index in [0.717, 1.165) is 0 Å². The Balaban J connectivity index is 1.95. The van der Waals surface area contributed by atoms with Crippen molar-refractivity contribution in [1.29, 1.82) is 0 Å². The second-order valence-electron chi connectivity index (χ2n) is 5.57. The van der Waals surface area contributed by atoms with Crippen LogP contribution in [0.25, 0.3) is 0 Å². The maximum atomic E-state index is 12.5. The zero-order chi connectivity index (χ0) is 16.6. The van der Waals surface area contributed by atoms with Crippen LogP contribution in [0.2, 0.25) is 0 Å². The molecule has 0 unspecified atom stereocenters. The number of ketones is 1. The van der Waals surface area contributed by atoms with E-state index in [9.17, 15) is 14.7 Å². The van der Waals surface area contributed by atoms with Crippen LogP contribution < -0.4 is 9.64 Å². The van der Waals surface area contributed by atoms with E-state index in [1.807, 2.05) is 0 Å². The molecule has 1 atom stereocenters. The Hall–Kier alpha value is -2.66. The van der Waals surface area contributed by atoms with E-state index in [2.05, 4.69) is 0 Å². The maximum absolute atomic E-state index is 12.5. The number of carbonyl (C=O) groups is 2. The van der Waals surface area contributed by atoms with E-state index in [1.54, 1.807) is 55.6 Å². The smallest absolute Gasteiger partial charge is 0.263 e. The van der Waals surface area contributed by atoms with Gasteiger partial charge in [0.05, 0.1) is 19.2 Å². The number of aliphatic hydroxyl groups is 1. The monoisotopic (exact) mass is 311 g/mol. The molecule has 0 saturated carbocycles. The SMILES string of the molecule is COc1cccc(C(=O)C[C@]2(O)C(=O)N(C)c3ccccc32)c1. The lowest BCUT2D eigenvalue weighted by atomic mass is 9.88. The van der Waals surface area contributed by atoms with Gasteiger partial charge in [0.15, 0.2) is 11.4 Å². The minimum atomic E-state index is -1.83. The van der Waals surface area contributed by atoms with Crippen molar-refractivity contribution in [2.75, 3.05) is 19.1 Å². The van der Waals surface area contributed by atoms with Crippen molar-refractivity contribution in [2.45, 2.75) is 12.0 Å². The number of fused-ring (bicyclic) bond motifs is 1. The molecule has 0 aromatic heterocycles. The summed E-state index contributed by atoms with van der Waals surface area (Å²) in [7, 11) is 3.11. The Morgan fingerprint density at radius 2 is 1.96 bits per heavy atom. The normalized spacial score (nSPS) is 19.6. The third kappa shape index (κ3) is 2.39. The lowest BCUT2D eigenvalue weighted by molar-refractivity contribution is -0.135. The molecule has 1 amide bonds. The molecule has 2 aromatic carbocycles. The first-order chi connectivity index (χ1) is 11.0. The fraction of sp³-hybridized carbons (Fsp3) is 0.222. The molecule has 0 aliphatic carbocycles. The van der Waals surface area contributed by atoms with Crippen LogP contribution in [0.3, 0.4) is 0 Å². The quantitative estimate of drug-likeness (QED) is 0.879. The summed E-state index contributed by atoms with van der Waals surface area (Å²) in [6.45, 7) is 0. The number of carbonyl (C=O) groups excluding carboxylic acids is 2. The highest BCUT2D eigenvalue weighted by atomic mass is 16.5. The number of nitrogens with zero attached hydrogens (tertiary/aromatic N) is 1. The second kappa shape index (κ2) is 5.52. The van der Waals surface area contributed by atoms with Gasteiger partial charge in [-0.15, -0.1) is 0 Å². The van der Waals surface area contributed by atoms with E-state index in [1.165, 1.54) is 12.0 Å². The van der Waals surface area contributed by atoms with Crippen molar-refractivity contribution < 1.29 is 19.4 Å². The molecular weight excluding hydrogens is 294 g/mol. The lowest BCUT2D eigenvalue weighted by Crippen LogP contribution is -2.40. The highest BCUT2D eigenvalue weighted by Crippen LogP contribution is 2.41. The molecule has 5 heteroatoms. The van der Waals surface area contributed by atoms with Gasteiger partial charge in [-0.05, 0) is 18.2 Å². The Morgan fingerprint density at radius 1 is 1.22 bits per heavy atom. The summed E-state index contributed by atoms with van der Waals surface area (Å²) in [6.07, 6.45) is -0.305. The summed E-state index contributed by atoms with van der Waals surface area (Å²) >= 11 is 0. The van der Waals surface area contributed by atoms with Crippen LogP contribution in [0.1, 0.15) is 22.3 Å². The molecule has 0 bridgehead atoms. The van der Waals surface area contributed by atoms with Crippen LogP contribution in [0.5, 0.6) is 5.75 Å². The minimum absolute atomic E-state index is 0.305. The van der Waals surface area contributed by atoms with Crippen molar-refractivity contribution in [1.82, 2.24) is 0 Å². The molecule has 23 heavy (non-hydrogen) atoms. The van der Waals surface area contributed by atoms with Gasteiger partial charge in [-0.3, -0.25) is 9.59 Å². The minimum Gasteiger partial charge on any atom is -0.497 e. The van der Waals surface area contributed by atoms with E-state index in [0.29, 0.717) is 22.6 Å². The Labute approximate surface area is 134 Å². The molecule has 0 radical (unpaired) electrons. The lowest BCUT2D eigenvalue weighted by Gasteiger charge is -2.21. The Kier molecular flexibility index (Phi) is 3.66. The number of benzene rings is 2. The van der Waals surface area contributed by atoms with Crippen LogP contribution in [0, 0.1) is 0 Å². The van der Waals surface area contributed by atoms with Crippen molar-refractivity contribution in [3.05, 3.63) is 59.7 Å². The second-order valence-corrected chi connectivity index (χ2v) is 5.57. The molecule has 0 saturated heterocycles. The van der Waals surface area contributed by atoms with E-state index in [4.69, 9.17) is 4.74 Å². The molecule has 118 valence electrons. The van der Waals surface area contributed by atoms with Crippen molar-refractivity contribution in [3.63, 3.8) is 0 Å². The number of anilines is 1. The molecule has 0 spiro atoms. The van der Waals surface area contributed by atoms with Gasteiger partial charge < -0.3 is 14.7 Å². The fourth-order valence-corrected chi connectivity index (χ4v) is 2.92. The third-order valence-electron chi connectivity index (χ3n) is 4.18. The molecule has 0 fully saturated rings. The topological polar surface area (TPSA) is 66.8 Å². The molecule has 3 rings (SSSR count). The standard InChI is InChI=1S/C18H17NO4/c1-19-15-9-4-3-8-14(15)18(22,17(19)21)11-16(20)12-6-5-7-13(10-12)23-2/h3-10,22H,11H2,1-2H3/t18-/m1/s1. The summed E-state index contributed by atoms with van der Waals surface area (Å²) in [5.41, 5.74) is -0.342. The molecule has 5 nitrogen and oxygen atoms in total. The van der Waals surface area contributed by atoms with Gasteiger partial charge in [-0.2, -0.15) is 0 Å². The number of Topliss-reactive ketones (excluding diaryl/α,β-unsaturated/α-hetero) is 1. The molecular formula is C18H17NO4. The highest BCUT2D eigenvalue weighted by Gasteiger charge is 2.49. The zero-order valence-electron chi connectivity index (χ0n) is 12.9. The van der Waals surface area contributed by atoms with E-state index < -0.39 is 11.5 Å².